The second-order valence-electron chi connectivity index (χ2n) is 17.9. The van der Waals surface area contributed by atoms with Crippen LogP contribution in [0.2, 0.25) is 0 Å². The van der Waals surface area contributed by atoms with Crippen molar-refractivity contribution in [3.8, 4) is 0 Å². The Bertz CT molecular complexity index is 1150. The number of aliphatic hydroxyl groups excluding tert-OH is 5. The van der Waals surface area contributed by atoms with Crippen LogP contribution < -0.4 is 5.32 Å². The Kier molecular flexibility index (Phi) is 39.7. The Balaban J connectivity index is 2.14. The third kappa shape index (κ3) is 33.1. The highest BCUT2D eigenvalue weighted by molar-refractivity contribution is 5.76. The van der Waals surface area contributed by atoms with Gasteiger partial charge in [0, 0.05) is 12.8 Å². The smallest absolute Gasteiger partial charge is 0.305 e. The number of amides is 1. The van der Waals surface area contributed by atoms with Gasteiger partial charge in [0.05, 0.1) is 32.0 Å². The van der Waals surface area contributed by atoms with E-state index in [1.54, 1.807) is 6.08 Å². The minimum atomic E-state index is -1.58. The molecule has 0 bridgehead atoms. The summed E-state index contributed by atoms with van der Waals surface area (Å²) in [6.07, 6.45) is 39.4. The maximum atomic E-state index is 12.9. The monoisotopic (exact) mass is 894 g/mol. The Morgan fingerprint density at radius 1 is 0.587 bits per heavy atom. The van der Waals surface area contributed by atoms with Crippen LogP contribution in [0.3, 0.4) is 0 Å². The summed E-state index contributed by atoms with van der Waals surface area (Å²) in [7, 11) is 0. The molecule has 1 fully saturated rings. The number of allylic oxidation sites excluding steroid dienone is 5. The van der Waals surface area contributed by atoms with E-state index in [4.69, 9.17) is 14.2 Å². The normalized spacial score (nSPS) is 20.3. The van der Waals surface area contributed by atoms with Crippen LogP contribution in [0, 0.1) is 0 Å². The van der Waals surface area contributed by atoms with Crippen molar-refractivity contribution in [2.24, 2.45) is 0 Å². The highest BCUT2D eigenvalue weighted by Crippen LogP contribution is 2.23. The predicted molar refractivity (Wildman–Crippen MR) is 255 cm³/mol. The molecule has 0 saturated carbocycles. The number of esters is 1. The van der Waals surface area contributed by atoms with E-state index in [0.29, 0.717) is 19.4 Å². The molecular weight excluding hydrogens is 799 g/mol. The van der Waals surface area contributed by atoms with Gasteiger partial charge in [-0.1, -0.05) is 179 Å². The van der Waals surface area contributed by atoms with E-state index in [1.165, 1.54) is 103 Å². The molecule has 6 N–H and O–H groups in total. The third-order valence-corrected chi connectivity index (χ3v) is 12.0. The maximum Gasteiger partial charge on any atom is 0.305 e. The van der Waals surface area contributed by atoms with Gasteiger partial charge in [0.2, 0.25) is 5.91 Å². The molecule has 63 heavy (non-hydrogen) atoms. The van der Waals surface area contributed by atoms with Crippen molar-refractivity contribution in [1.29, 1.82) is 0 Å². The molecule has 0 aromatic carbocycles. The molecule has 7 atom stereocenters. The highest BCUT2D eigenvalue weighted by atomic mass is 16.7. The summed E-state index contributed by atoms with van der Waals surface area (Å²) in [6.45, 7) is 4.20. The first-order valence-corrected chi connectivity index (χ1v) is 25.8. The maximum absolute atomic E-state index is 12.9. The molecule has 0 aliphatic carbocycles. The molecule has 7 unspecified atom stereocenters. The molecule has 1 heterocycles. The molecule has 1 aliphatic rings. The van der Waals surface area contributed by atoms with Crippen LogP contribution in [0.4, 0.5) is 0 Å². The fraction of sp³-hybridized carbons (Fsp3) is 0.846. The molecular formula is C52H95NO10. The zero-order valence-corrected chi connectivity index (χ0v) is 40.0. The molecule has 368 valence electrons. The van der Waals surface area contributed by atoms with Gasteiger partial charge in [-0.3, -0.25) is 9.59 Å². The topological polar surface area (TPSA) is 175 Å². The second-order valence-corrected chi connectivity index (χ2v) is 17.9. The van der Waals surface area contributed by atoms with E-state index in [1.807, 2.05) is 6.08 Å². The SMILES string of the molecule is CCCCC/C=C\C/C=C\CCCCCCCC(=O)OCCCCCCCCCCCCCC(=O)NC(COC1OC(CO)C(O)C(O)C1O)C(O)/C=C/CCCCCCCCC. The van der Waals surface area contributed by atoms with Gasteiger partial charge in [0.25, 0.3) is 0 Å². The van der Waals surface area contributed by atoms with Gasteiger partial charge in [0.15, 0.2) is 6.29 Å². The molecule has 0 radical (unpaired) electrons. The summed E-state index contributed by atoms with van der Waals surface area (Å²) in [4.78, 5) is 25.0. The second kappa shape index (κ2) is 42.5. The summed E-state index contributed by atoms with van der Waals surface area (Å²) in [5, 5.41) is 54.1. The van der Waals surface area contributed by atoms with Crippen molar-refractivity contribution in [2.45, 2.75) is 262 Å². The number of hydrogen-bond donors (Lipinski definition) is 6. The van der Waals surface area contributed by atoms with E-state index < -0.39 is 49.5 Å². The largest absolute Gasteiger partial charge is 0.466 e. The van der Waals surface area contributed by atoms with Crippen molar-refractivity contribution in [2.75, 3.05) is 19.8 Å². The molecule has 1 amide bonds. The first-order chi connectivity index (χ1) is 30.7. The minimum Gasteiger partial charge on any atom is -0.466 e. The Hall–Kier alpha value is -2.12. The van der Waals surface area contributed by atoms with Crippen LogP contribution in [-0.4, -0.2) is 100 Å². The van der Waals surface area contributed by atoms with Crippen LogP contribution in [0.5, 0.6) is 0 Å². The van der Waals surface area contributed by atoms with Gasteiger partial charge in [0.1, 0.15) is 24.4 Å². The number of rotatable bonds is 43. The van der Waals surface area contributed by atoms with E-state index in [-0.39, 0.29) is 18.5 Å². The Labute approximate surface area is 383 Å². The lowest BCUT2D eigenvalue weighted by Gasteiger charge is -2.40. The van der Waals surface area contributed by atoms with Crippen LogP contribution in [0.25, 0.3) is 0 Å². The van der Waals surface area contributed by atoms with E-state index in [0.717, 1.165) is 89.9 Å². The molecule has 0 aromatic heterocycles. The van der Waals surface area contributed by atoms with Crippen LogP contribution >= 0.6 is 0 Å². The number of hydrogen-bond acceptors (Lipinski definition) is 10. The Morgan fingerprint density at radius 2 is 1.06 bits per heavy atom. The number of carbonyl (C=O) groups is 2. The van der Waals surface area contributed by atoms with Crippen molar-refractivity contribution >= 4 is 11.9 Å². The van der Waals surface area contributed by atoms with Gasteiger partial charge in [-0.05, 0) is 64.2 Å². The standard InChI is InChI=1S/C52H95NO10/c1-3-5-7-9-11-13-14-15-16-17-20-24-28-32-36-40-48(57)61-41-37-33-29-25-21-18-19-23-27-31-35-39-47(56)53-44(45(55)38-34-30-26-22-12-10-8-6-4-2)43-62-52-51(60)50(59)49(58)46(42-54)63-52/h11,13,15-16,34,38,44-46,49-52,54-55,58-60H,3-10,12,14,17-33,35-37,39-43H2,1-2H3,(H,53,56)/b13-11-,16-15-,38-34+. The van der Waals surface area contributed by atoms with Crippen LogP contribution in [0.15, 0.2) is 36.5 Å². The van der Waals surface area contributed by atoms with E-state index in [9.17, 15) is 35.1 Å². The van der Waals surface area contributed by atoms with Gasteiger partial charge in [-0.2, -0.15) is 0 Å². The summed E-state index contributed by atoms with van der Waals surface area (Å²) in [5.41, 5.74) is 0. The van der Waals surface area contributed by atoms with Gasteiger partial charge in [-0.25, -0.2) is 0 Å². The van der Waals surface area contributed by atoms with Crippen molar-refractivity contribution < 1.29 is 49.3 Å². The lowest BCUT2D eigenvalue weighted by atomic mass is 9.99. The summed E-state index contributed by atoms with van der Waals surface area (Å²) in [6, 6.07) is -0.823. The van der Waals surface area contributed by atoms with Crippen molar-refractivity contribution in [1.82, 2.24) is 5.32 Å². The quantitative estimate of drug-likeness (QED) is 0.0196. The number of unbranched alkanes of at least 4 members (excludes halogenated alkanes) is 25. The number of aliphatic hydroxyl groups is 5. The van der Waals surface area contributed by atoms with Gasteiger partial charge >= 0.3 is 5.97 Å². The fourth-order valence-electron chi connectivity index (χ4n) is 7.81. The van der Waals surface area contributed by atoms with E-state index in [2.05, 4.69) is 43.5 Å². The van der Waals surface area contributed by atoms with Gasteiger partial charge < -0.3 is 45.1 Å². The lowest BCUT2D eigenvalue weighted by Crippen LogP contribution is -2.60. The average molecular weight is 894 g/mol. The fourth-order valence-corrected chi connectivity index (χ4v) is 7.81. The van der Waals surface area contributed by atoms with Crippen molar-refractivity contribution in [3.05, 3.63) is 36.5 Å². The third-order valence-electron chi connectivity index (χ3n) is 12.0. The average Bonchev–Trinajstić information content (AvgIpc) is 3.28. The highest BCUT2D eigenvalue weighted by Gasteiger charge is 2.44. The predicted octanol–water partition coefficient (Wildman–Crippen LogP) is 10.4. The van der Waals surface area contributed by atoms with E-state index >= 15 is 0 Å². The summed E-state index contributed by atoms with van der Waals surface area (Å²) < 4.78 is 16.6. The van der Waals surface area contributed by atoms with Gasteiger partial charge in [-0.15, -0.1) is 0 Å². The summed E-state index contributed by atoms with van der Waals surface area (Å²) >= 11 is 0. The first-order valence-electron chi connectivity index (χ1n) is 25.8. The molecule has 11 nitrogen and oxygen atoms in total. The molecule has 1 aliphatic heterocycles. The van der Waals surface area contributed by atoms with Crippen LogP contribution in [-0.2, 0) is 23.8 Å². The molecule has 1 saturated heterocycles. The Morgan fingerprint density at radius 3 is 1.63 bits per heavy atom. The molecule has 11 heteroatoms. The lowest BCUT2D eigenvalue weighted by molar-refractivity contribution is -0.302. The molecule has 0 aromatic rings. The van der Waals surface area contributed by atoms with Crippen LogP contribution in [0.1, 0.15) is 219 Å². The first kappa shape index (κ1) is 58.9. The summed E-state index contributed by atoms with van der Waals surface area (Å²) in [5.74, 6) is -0.260. The zero-order chi connectivity index (χ0) is 46.0. The molecule has 1 rings (SSSR count). The number of carbonyl (C=O) groups excluding carboxylic acids is 2. The van der Waals surface area contributed by atoms with Crippen molar-refractivity contribution in [3.63, 3.8) is 0 Å². The minimum absolute atomic E-state index is 0.0546. The zero-order valence-electron chi connectivity index (χ0n) is 40.0. The molecule has 0 spiro atoms. The number of nitrogens with one attached hydrogen (secondary N) is 1. The number of ether oxygens (including phenoxy) is 3.